The lowest BCUT2D eigenvalue weighted by Gasteiger charge is -2.32. The van der Waals surface area contributed by atoms with Gasteiger partial charge in [0.15, 0.2) is 5.78 Å². The predicted molar refractivity (Wildman–Crippen MR) is 112 cm³/mol. The Bertz CT molecular complexity index is 1080. The Kier molecular flexibility index (Phi) is 6.24. The van der Waals surface area contributed by atoms with Gasteiger partial charge in [-0.05, 0) is 38.8 Å². The first-order valence-electron chi connectivity index (χ1n) is 10.1. The molecular formula is C22H27N3O5. The number of aromatic nitrogens is 2. The van der Waals surface area contributed by atoms with Gasteiger partial charge in [0.25, 0.3) is 11.5 Å². The molecule has 0 bridgehead atoms. The highest BCUT2D eigenvalue weighted by atomic mass is 16.5. The van der Waals surface area contributed by atoms with Gasteiger partial charge in [0.2, 0.25) is 0 Å². The highest BCUT2D eigenvalue weighted by molar-refractivity contribution is 5.99. The number of rotatable bonds is 5. The molecule has 8 heteroatoms. The lowest BCUT2D eigenvalue weighted by Crippen LogP contribution is -2.46. The van der Waals surface area contributed by atoms with E-state index in [2.05, 4.69) is 0 Å². The van der Waals surface area contributed by atoms with Crippen LogP contribution in [0.3, 0.4) is 0 Å². The first-order chi connectivity index (χ1) is 14.2. The zero-order chi connectivity index (χ0) is 22.0. The van der Waals surface area contributed by atoms with Crippen molar-refractivity contribution in [1.82, 2.24) is 14.0 Å². The van der Waals surface area contributed by atoms with Crippen molar-refractivity contribution in [2.24, 2.45) is 20.0 Å². The summed E-state index contributed by atoms with van der Waals surface area (Å²) < 4.78 is 7.79. The Labute approximate surface area is 174 Å². The first kappa shape index (κ1) is 21.5. The molecule has 1 aliphatic rings. The Morgan fingerprint density at radius 3 is 2.53 bits per heavy atom. The molecule has 0 saturated carbocycles. The summed E-state index contributed by atoms with van der Waals surface area (Å²) in [4.78, 5) is 51.7. The van der Waals surface area contributed by atoms with E-state index in [-0.39, 0.29) is 30.0 Å². The second kappa shape index (κ2) is 8.69. The molecule has 0 N–H and O–H groups in total. The largest absolute Gasteiger partial charge is 0.491 e. The summed E-state index contributed by atoms with van der Waals surface area (Å²) in [6, 6.07) is 8.24. The SMILES string of the molecule is CC(C)Oc1cccc(C(=O)C2CCCN(C(=O)c3cc(=O)n(C)c(=O)n3C)C2)c1. The number of ketones is 1. The van der Waals surface area contributed by atoms with Crippen molar-refractivity contribution < 1.29 is 14.3 Å². The van der Waals surface area contributed by atoms with E-state index in [1.807, 2.05) is 19.9 Å². The molecule has 8 nitrogen and oxygen atoms in total. The molecule has 0 spiro atoms. The Morgan fingerprint density at radius 2 is 1.83 bits per heavy atom. The zero-order valence-electron chi connectivity index (χ0n) is 17.8. The molecular weight excluding hydrogens is 386 g/mol. The van der Waals surface area contributed by atoms with Crippen LogP contribution in [0.25, 0.3) is 0 Å². The monoisotopic (exact) mass is 413 g/mol. The van der Waals surface area contributed by atoms with E-state index in [0.717, 1.165) is 4.57 Å². The quantitative estimate of drug-likeness (QED) is 0.695. The van der Waals surface area contributed by atoms with Gasteiger partial charge in [0, 0.05) is 44.7 Å². The number of benzene rings is 1. The van der Waals surface area contributed by atoms with Gasteiger partial charge in [-0.3, -0.25) is 23.5 Å². The van der Waals surface area contributed by atoms with Crippen LogP contribution < -0.4 is 16.0 Å². The topological polar surface area (TPSA) is 90.6 Å². The van der Waals surface area contributed by atoms with Crippen LogP contribution in [0.15, 0.2) is 39.9 Å². The third kappa shape index (κ3) is 4.37. The fraction of sp³-hybridized carbons (Fsp3) is 0.455. The Morgan fingerprint density at radius 1 is 1.10 bits per heavy atom. The lowest BCUT2D eigenvalue weighted by molar-refractivity contribution is 0.0627. The first-order valence-corrected chi connectivity index (χ1v) is 10.1. The van der Waals surface area contributed by atoms with E-state index in [0.29, 0.717) is 30.7 Å². The average molecular weight is 413 g/mol. The Balaban J connectivity index is 1.80. The van der Waals surface area contributed by atoms with Gasteiger partial charge in [-0.2, -0.15) is 0 Å². The average Bonchev–Trinajstić information content (AvgIpc) is 2.73. The minimum absolute atomic E-state index is 0.00312. The normalized spacial score (nSPS) is 16.6. The van der Waals surface area contributed by atoms with Gasteiger partial charge in [0.1, 0.15) is 11.4 Å². The predicted octanol–water partition coefficient (Wildman–Crippen LogP) is 1.61. The minimum atomic E-state index is -0.558. The van der Waals surface area contributed by atoms with Crippen LogP contribution in [0.1, 0.15) is 47.5 Å². The van der Waals surface area contributed by atoms with Crippen molar-refractivity contribution in [2.45, 2.75) is 32.8 Å². The van der Waals surface area contributed by atoms with E-state index in [9.17, 15) is 19.2 Å². The van der Waals surface area contributed by atoms with Gasteiger partial charge in [0.05, 0.1) is 6.10 Å². The van der Waals surface area contributed by atoms with E-state index in [1.165, 1.54) is 24.7 Å². The number of carbonyl (C=O) groups excluding carboxylic acids is 2. The summed E-state index contributed by atoms with van der Waals surface area (Å²) in [6.07, 6.45) is 1.35. The molecule has 1 fully saturated rings. The van der Waals surface area contributed by atoms with Crippen molar-refractivity contribution in [3.8, 4) is 5.75 Å². The number of piperidine rings is 1. The maximum absolute atomic E-state index is 13.1. The van der Waals surface area contributed by atoms with Crippen LogP contribution in [-0.4, -0.2) is 44.9 Å². The van der Waals surface area contributed by atoms with Crippen LogP contribution in [0, 0.1) is 5.92 Å². The van der Waals surface area contributed by atoms with Gasteiger partial charge in [-0.25, -0.2) is 4.79 Å². The minimum Gasteiger partial charge on any atom is -0.491 e. The van der Waals surface area contributed by atoms with Crippen LogP contribution in [0.5, 0.6) is 5.75 Å². The highest BCUT2D eigenvalue weighted by Crippen LogP contribution is 2.24. The second-order valence-electron chi connectivity index (χ2n) is 7.92. The number of hydrogen-bond donors (Lipinski definition) is 0. The maximum Gasteiger partial charge on any atom is 0.331 e. The standard InChI is InChI=1S/C22H27N3O5/c1-14(2)30-17-9-5-7-15(11-17)20(27)16-8-6-10-25(13-16)21(28)18-12-19(26)24(4)22(29)23(18)3/h5,7,9,11-12,14,16H,6,8,10,13H2,1-4H3. The molecule has 0 radical (unpaired) electrons. The van der Waals surface area contributed by atoms with Gasteiger partial charge in [-0.1, -0.05) is 12.1 Å². The van der Waals surface area contributed by atoms with Crippen molar-refractivity contribution in [3.63, 3.8) is 0 Å². The van der Waals surface area contributed by atoms with Crippen molar-refractivity contribution in [1.29, 1.82) is 0 Å². The molecule has 2 heterocycles. The molecule has 1 aliphatic heterocycles. The van der Waals surface area contributed by atoms with Crippen molar-refractivity contribution in [2.75, 3.05) is 13.1 Å². The number of hydrogen-bond acceptors (Lipinski definition) is 5. The zero-order valence-corrected chi connectivity index (χ0v) is 17.8. The number of Topliss-reactive ketones (excluding diaryl/α,β-unsaturated/α-hetero) is 1. The number of nitrogens with zero attached hydrogens (tertiary/aromatic N) is 3. The maximum atomic E-state index is 13.1. The molecule has 1 aromatic heterocycles. The highest BCUT2D eigenvalue weighted by Gasteiger charge is 2.31. The smallest absolute Gasteiger partial charge is 0.331 e. The van der Waals surface area contributed by atoms with E-state index < -0.39 is 17.2 Å². The number of amides is 1. The van der Waals surface area contributed by atoms with E-state index >= 15 is 0 Å². The number of likely N-dealkylation sites (tertiary alicyclic amines) is 1. The molecule has 1 amide bonds. The number of carbonyl (C=O) groups is 2. The van der Waals surface area contributed by atoms with Crippen LogP contribution in [0.2, 0.25) is 0 Å². The third-order valence-corrected chi connectivity index (χ3v) is 5.31. The van der Waals surface area contributed by atoms with Crippen molar-refractivity contribution >= 4 is 11.7 Å². The summed E-state index contributed by atoms with van der Waals surface area (Å²) in [5.74, 6) is -0.170. The molecule has 1 aromatic carbocycles. The van der Waals surface area contributed by atoms with E-state index in [1.54, 1.807) is 23.1 Å². The fourth-order valence-corrected chi connectivity index (χ4v) is 3.71. The third-order valence-electron chi connectivity index (χ3n) is 5.31. The number of ether oxygens (including phenoxy) is 1. The fourth-order valence-electron chi connectivity index (χ4n) is 3.71. The van der Waals surface area contributed by atoms with Crippen LogP contribution in [0.4, 0.5) is 0 Å². The molecule has 1 unspecified atom stereocenters. The molecule has 1 atom stereocenters. The summed E-state index contributed by atoms with van der Waals surface area (Å²) in [5.41, 5.74) is -0.512. The summed E-state index contributed by atoms with van der Waals surface area (Å²) in [6.45, 7) is 4.56. The van der Waals surface area contributed by atoms with Crippen molar-refractivity contribution in [3.05, 3.63) is 62.4 Å². The second-order valence-corrected chi connectivity index (χ2v) is 7.92. The van der Waals surface area contributed by atoms with E-state index in [4.69, 9.17) is 4.74 Å². The lowest BCUT2D eigenvalue weighted by atomic mass is 9.89. The molecule has 30 heavy (non-hydrogen) atoms. The van der Waals surface area contributed by atoms with Gasteiger partial charge >= 0.3 is 5.69 Å². The van der Waals surface area contributed by atoms with Crippen LogP contribution >= 0.6 is 0 Å². The summed E-state index contributed by atoms with van der Waals surface area (Å²) in [5, 5.41) is 0. The Hall–Kier alpha value is -3.16. The molecule has 1 saturated heterocycles. The molecule has 2 aromatic rings. The van der Waals surface area contributed by atoms with Crippen LogP contribution in [-0.2, 0) is 14.1 Å². The molecule has 0 aliphatic carbocycles. The molecule has 3 rings (SSSR count). The summed E-state index contributed by atoms with van der Waals surface area (Å²) >= 11 is 0. The molecule has 160 valence electrons. The van der Waals surface area contributed by atoms with Gasteiger partial charge in [-0.15, -0.1) is 0 Å². The summed E-state index contributed by atoms with van der Waals surface area (Å²) in [7, 11) is 2.83. The van der Waals surface area contributed by atoms with Gasteiger partial charge < -0.3 is 9.64 Å².